The topological polar surface area (TPSA) is 71.0 Å². The minimum Gasteiger partial charge on any atom is -0.436 e. The third kappa shape index (κ3) is 2.87. The van der Waals surface area contributed by atoms with Crippen LogP contribution in [0.15, 0.2) is 36.5 Å². The summed E-state index contributed by atoms with van der Waals surface area (Å²) < 4.78 is 5.31. The number of hydrogen-bond donors (Lipinski definition) is 2. The van der Waals surface area contributed by atoms with E-state index in [9.17, 15) is 0 Å². The van der Waals surface area contributed by atoms with E-state index in [-0.39, 0.29) is 0 Å². The summed E-state index contributed by atoms with van der Waals surface area (Å²) in [4.78, 5) is 0. The average molecular weight is 193 g/mol. The van der Waals surface area contributed by atoms with Gasteiger partial charge in [0.05, 0.1) is 0 Å². The van der Waals surface area contributed by atoms with E-state index in [2.05, 4.69) is 15.4 Å². The molecule has 0 amide bonds. The summed E-state index contributed by atoms with van der Waals surface area (Å²) in [6.07, 6.45) is 1.52. The van der Waals surface area contributed by atoms with Gasteiger partial charge >= 0.3 is 0 Å². The maximum atomic E-state index is 7.00. The number of benzene rings is 1. The number of para-hydroxylation sites is 1. The summed E-state index contributed by atoms with van der Waals surface area (Å²) >= 11 is 0. The highest BCUT2D eigenvalue weighted by Gasteiger charge is 1.96. The second-order valence-electron chi connectivity index (χ2n) is 2.22. The Balaban J connectivity index is 0.000000461. The molecule has 0 radical (unpaired) electrons. The van der Waals surface area contributed by atoms with Crippen LogP contribution in [0, 0.1) is 0 Å². The number of ether oxygens (including phenoxy) is 1. The molecule has 0 bridgehead atoms. The van der Waals surface area contributed by atoms with Crippen molar-refractivity contribution in [3.8, 4) is 11.6 Å². The summed E-state index contributed by atoms with van der Waals surface area (Å²) in [6.45, 7) is 0. The summed E-state index contributed by atoms with van der Waals surface area (Å²) in [5, 5.41) is 16.8. The second-order valence-corrected chi connectivity index (χ2v) is 2.22. The first-order chi connectivity index (χ1) is 6.95. The van der Waals surface area contributed by atoms with Crippen LogP contribution in [0.5, 0.6) is 11.6 Å². The largest absolute Gasteiger partial charge is 0.436 e. The van der Waals surface area contributed by atoms with E-state index >= 15 is 0 Å². The third-order valence-electron chi connectivity index (χ3n) is 1.36. The number of aliphatic hydroxyl groups excluding tert-OH is 1. The van der Waals surface area contributed by atoms with E-state index in [1.54, 1.807) is 0 Å². The predicted octanol–water partition coefficient (Wildman–Crippen LogP) is 1.21. The van der Waals surface area contributed by atoms with Gasteiger partial charge in [-0.1, -0.05) is 18.2 Å². The molecule has 0 saturated heterocycles. The van der Waals surface area contributed by atoms with Crippen molar-refractivity contribution < 1.29 is 9.84 Å². The molecule has 5 heteroatoms. The highest BCUT2D eigenvalue weighted by atomic mass is 16.5. The van der Waals surface area contributed by atoms with Gasteiger partial charge in [0.25, 0.3) is 5.88 Å². The van der Waals surface area contributed by atoms with Gasteiger partial charge < -0.3 is 9.84 Å². The Morgan fingerprint density at radius 2 is 1.93 bits per heavy atom. The molecule has 0 aliphatic rings. The van der Waals surface area contributed by atoms with Crippen LogP contribution < -0.4 is 4.74 Å². The quantitative estimate of drug-likeness (QED) is 0.751. The van der Waals surface area contributed by atoms with Crippen molar-refractivity contribution in [3.05, 3.63) is 36.5 Å². The summed E-state index contributed by atoms with van der Waals surface area (Å²) in [7, 11) is 1.00. The lowest BCUT2D eigenvalue weighted by Crippen LogP contribution is -1.82. The fourth-order valence-corrected chi connectivity index (χ4v) is 0.850. The van der Waals surface area contributed by atoms with Crippen molar-refractivity contribution in [1.29, 1.82) is 0 Å². The van der Waals surface area contributed by atoms with Crippen molar-refractivity contribution in [2.45, 2.75) is 0 Å². The van der Waals surface area contributed by atoms with Crippen LogP contribution in [0.3, 0.4) is 0 Å². The molecular formula is C9H11N3O2. The zero-order valence-corrected chi connectivity index (χ0v) is 7.71. The lowest BCUT2D eigenvalue weighted by atomic mass is 10.3. The summed E-state index contributed by atoms with van der Waals surface area (Å²) in [5.74, 6) is 1.23. The second kappa shape index (κ2) is 5.71. The zero-order valence-electron chi connectivity index (χ0n) is 7.71. The van der Waals surface area contributed by atoms with Gasteiger partial charge in [0.15, 0.2) is 0 Å². The Hall–Kier alpha value is -1.88. The number of H-pyrrole nitrogens is 1. The average Bonchev–Trinajstić information content (AvgIpc) is 2.75. The van der Waals surface area contributed by atoms with Crippen LogP contribution in [-0.2, 0) is 0 Å². The SMILES string of the molecule is CO.c1ccc(Oc2cn[nH]n2)cc1. The molecule has 1 aromatic carbocycles. The van der Waals surface area contributed by atoms with Crippen molar-refractivity contribution in [2.75, 3.05) is 7.11 Å². The Morgan fingerprint density at radius 1 is 1.21 bits per heavy atom. The van der Waals surface area contributed by atoms with Crippen molar-refractivity contribution in [1.82, 2.24) is 15.4 Å². The van der Waals surface area contributed by atoms with Crippen LogP contribution in [0.25, 0.3) is 0 Å². The molecule has 1 aromatic heterocycles. The van der Waals surface area contributed by atoms with Crippen molar-refractivity contribution >= 4 is 0 Å². The molecule has 2 aromatic rings. The van der Waals surface area contributed by atoms with Gasteiger partial charge in [0, 0.05) is 7.11 Å². The molecule has 0 unspecified atom stereocenters. The van der Waals surface area contributed by atoms with E-state index in [0.29, 0.717) is 5.88 Å². The highest BCUT2D eigenvalue weighted by Crippen LogP contribution is 2.16. The van der Waals surface area contributed by atoms with Gasteiger partial charge in [0.1, 0.15) is 11.9 Å². The predicted molar refractivity (Wildman–Crippen MR) is 51.0 cm³/mol. The van der Waals surface area contributed by atoms with Gasteiger partial charge in [-0.3, -0.25) is 0 Å². The summed E-state index contributed by atoms with van der Waals surface area (Å²) in [5.41, 5.74) is 0. The van der Waals surface area contributed by atoms with E-state index in [1.165, 1.54) is 6.20 Å². The van der Waals surface area contributed by atoms with Crippen LogP contribution >= 0.6 is 0 Å². The molecule has 2 rings (SSSR count). The number of rotatable bonds is 2. The maximum absolute atomic E-state index is 7.00. The fraction of sp³-hybridized carbons (Fsp3) is 0.111. The van der Waals surface area contributed by atoms with E-state index in [0.717, 1.165) is 12.9 Å². The minimum atomic E-state index is 0.473. The fourth-order valence-electron chi connectivity index (χ4n) is 0.850. The normalized spacial score (nSPS) is 8.71. The Morgan fingerprint density at radius 3 is 2.50 bits per heavy atom. The molecule has 0 fully saturated rings. The molecule has 0 saturated carbocycles. The first-order valence-electron chi connectivity index (χ1n) is 3.98. The molecule has 0 aliphatic carbocycles. The maximum Gasteiger partial charge on any atom is 0.258 e. The van der Waals surface area contributed by atoms with Crippen LogP contribution in [-0.4, -0.2) is 27.6 Å². The van der Waals surface area contributed by atoms with Crippen LogP contribution in [0.4, 0.5) is 0 Å². The number of aliphatic hydroxyl groups is 1. The molecular weight excluding hydrogens is 182 g/mol. The van der Waals surface area contributed by atoms with Crippen LogP contribution in [0.2, 0.25) is 0 Å². The molecule has 74 valence electrons. The van der Waals surface area contributed by atoms with Gasteiger partial charge in [-0.2, -0.15) is 10.3 Å². The van der Waals surface area contributed by atoms with Crippen LogP contribution in [0.1, 0.15) is 0 Å². The lowest BCUT2D eigenvalue weighted by Gasteiger charge is -1.98. The Labute approximate surface area is 81.4 Å². The van der Waals surface area contributed by atoms with Crippen molar-refractivity contribution in [2.24, 2.45) is 0 Å². The third-order valence-corrected chi connectivity index (χ3v) is 1.36. The smallest absolute Gasteiger partial charge is 0.258 e. The number of aromatic nitrogens is 3. The minimum absolute atomic E-state index is 0.473. The molecule has 1 heterocycles. The summed E-state index contributed by atoms with van der Waals surface area (Å²) in [6, 6.07) is 9.43. The number of nitrogens with zero attached hydrogens (tertiary/aromatic N) is 2. The number of aromatic amines is 1. The van der Waals surface area contributed by atoms with Gasteiger partial charge in [-0.15, -0.1) is 5.10 Å². The Bertz CT molecular complexity index is 334. The highest BCUT2D eigenvalue weighted by molar-refractivity contribution is 5.24. The molecule has 5 nitrogen and oxygen atoms in total. The molecule has 0 aliphatic heterocycles. The lowest BCUT2D eigenvalue weighted by molar-refractivity contribution is 0.399. The van der Waals surface area contributed by atoms with Crippen molar-refractivity contribution in [3.63, 3.8) is 0 Å². The first-order valence-corrected chi connectivity index (χ1v) is 3.98. The van der Waals surface area contributed by atoms with E-state index < -0.39 is 0 Å². The number of hydrogen-bond acceptors (Lipinski definition) is 4. The first kappa shape index (κ1) is 10.2. The van der Waals surface area contributed by atoms with Gasteiger partial charge in [-0.05, 0) is 12.1 Å². The van der Waals surface area contributed by atoms with Gasteiger partial charge in [-0.25, -0.2) is 0 Å². The molecule has 0 atom stereocenters. The van der Waals surface area contributed by atoms with Gasteiger partial charge in [0.2, 0.25) is 0 Å². The molecule has 0 spiro atoms. The molecule has 2 N–H and O–H groups in total. The number of nitrogens with one attached hydrogen (secondary N) is 1. The molecule has 14 heavy (non-hydrogen) atoms. The Kier molecular flexibility index (Phi) is 4.16. The standard InChI is InChI=1S/C8H7N3O.CH4O/c1-2-4-7(5-3-1)12-8-6-9-11-10-8;1-2/h1-6H,(H,9,10,11);2H,1H3. The monoisotopic (exact) mass is 193 g/mol. The van der Waals surface area contributed by atoms with E-state index in [4.69, 9.17) is 9.84 Å². The van der Waals surface area contributed by atoms with E-state index in [1.807, 2.05) is 30.3 Å². The zero-order chi connectivity index (χ0) is 10.2.